The fourth-order valence-corrected chi connectivity index (χ4v) is 1.19. The first-order valence-electron chi connectivity index (χ1n) is 4.24. The van der Waals surface area contributed by atoms with E-state index in [0.29, 0.717) is 6.04 Å². The minimum Gasteiger partial charge on any atom is -0.380 e. The molecular formula is C9H17NO. The highest BCUT2D eigenvalue weighted by atomic mass is 16.5. The Kier molecular flexibility index (Phi) is 3.60. The van der Waals surface area contributed by atoms with Crippen LogP contribution in [-0.2, 0) is 4.74 Å². The van der Waals surface area contributed by atoms with Crippen molar-refractivity contribution in [3.63, 3.8) is 0 Å². The molecule has 1 heterocycles. The van der Waals surface area contributed by atoms with Crippen LogP contribution in [0.4, 0.5) is 0 Å². The van der Waals surface area contributed by atoms with E-state index in [-0.39, 0.29) is 0 Å². The van der Waals surface area contributed by atoms with Gasteiger partial charge in [0.05, 0.1) is 6.61 Å². The summed E-state index contributed by atoms with van der Waals surface area (Å²) in [6.07, 6.45) is 2.24. The molecule has 1 fully saturated rings. The molecule has 0 saturated carbocycles. The van der Waals surface area contributed by atoms with Crippen molar-refractivity contribution in [2.24, 2.45) is 0 Å². The third-order valence-corrected chi connectivity index (χ3v) is 1.91. The van der Waals surface area contributed by atoms with Gasteiger partial charge in [0.1, 0.15) is 0 Å². The molecule has 1 N–H and O–H groups in total. The van der Waals surface area contributed by atoms with Crippen molar-refractivity contribution < 1.29 is 4.74 Å². The Morgan fingerprint density at radius 3 is 3.09 bits per heavy atom. The Bertz CT molecular complexity index is 128. The van der Waals surface area contributed by atoms with Gasteiger partial charge >= 0.3 is 0 Å². The van der Waals surface area contributed by atoms with Crippen molar-refractivity contribution in [2.45, 2.75) is 25.8 Å². The lowest BCUT2D eigenvalue weighted by atomic mass is 10.2. The Hall–Kier alpha value is -0.340. The predicted molar refractivity (Wildman–Crippen MR) is 46.7 cm³/mol. The second-order valence-electron chi connectivity index (χ2n) is 3.22. The zero-order valence-corrected chi connectivity index (χ0v) is 7.23. The fourth-order valence-electron chi connectivity index (χ4n) is 1.19. The van der Waals surface area contributed by atoms with Crippen LogP contribution in [0.2, 0.25) is 0 Å². The molecule has 0 aromatic carbocycles. The average Bonchev–Trinajstić information content (AvgIpc) is 2.39. The van der Waals surface area contributed by atoms with Crippen LogP contribution in [0.5, 0.6) is 0 Å². The standard InChI is InChI=1S/C9H17NO/c1-8(2)3-5-10-9-4-6-11-7-9/h9-10H,1,3-7H2,2H3. The molecule has 0 aromatic heterocycles. The summed E-state index contributed by atoms with van der Waals surface area (Å²) < 4.78 is 5.23. The van der Waals surface area contributed by atoms with E-state index in [1.54, 1.807) is 0 Å². The molecular weight excluding hydrogens is 138 g/mol. The molecule has 0 aliphatic carbocycles. The minimum atomic E-state index is 0.592. The summed E-state index contributed by atoms with van der Waals surface area (Å²) in [4.78, 5) is 0. The largest absolute Gasteiger partial charge is 0.380 e. The van der Waals surface area contributed by atoms with E-state index in [2.05, 4.69) is 18.8 Å². The van der Waals surface area contributed by atoms with E-state index in [1.807, 2.05) is 0 Å². The van der Waals surface area contributed by atoms with Crippen molar-refractivity contribution in [1.29, 1.82) is 0 Å². The summed E-state index contributed by atoms with van der Waals surface area (Å²) in [6, 6.07) is 0.592. The Labute approximate surface area is 68.6 Å². The van der Waals surface area contributed by atoms with Gasteiger partial charge in [0.25, 0.3) is 0 Å². The van der Waals surface area contributed by atoms with Gasteiger partial charge in [-0.1, -0.05) is 5.57 Å². The summed E-state index contributed by atoms with van der Waals surface area (Å²) in [5.74, 6) is 0. The van der Waals surface area contributed by atoms with Crippen molar-refractivity contribution in [3.8, 4) is 0 Å². The molecule has 64 valence electrons. The minimum absolute atomic E-state index is 0.592. The third kappa shape index (κ3) is 3.54. The second-order valence-corrected chi connectivity index (χ2v) is 3.22. The van der Waals surface area contributed by atoms with Gasteiger partial charge in [0.2, 0.25) is 0 Å². The molecule has 0 bridgehead atoms. The maximum absolute atomic E-state index is 5.23. The lowest BCUT2D eigenvalue weighted by Gasteiger charge is -2.09. The molecule has 0 aromatic rings. The predicted octanol–water partition coefficient (Wildman–Crippen LogP) is 1.33. The first kappa shape index (κ1) is 8.75. The number of nitrogens with one attached hydrogen (secondary N) is 1. The SMILES string of the molecule is C=C(C)CCNC1CCOC1. The van der Waals surface area contributed by atoms with Gasteiger partial charge < -0.3 is 10.1 Å². The monoisotopic (exact) mass is 155 g/mol. The Morgan fingerprint density at radius 2 is 2.55 bits per heavy atom. The van der Waals surface area contributed by atoms with Gasteiger partial charge in [-0.05, 0) is 26.3 Å². The smallest absolute Gasteiger partial charge is 0.0620 e. The van der Waals surface area contributed by atoms with E-state index < -0.39 is 0 Å². The highest BCUT2D eigenvalue weighted by Gasteiger charge is 2.13. The number of hydrogen-bond donors (Lipinski definition) is 1. The van der Waals surface area contributed by atoms with Gasteiger partial charge in [-0.2, -0.15) is 0 Å². The average molecular weight is 155 g/mol. The van der Waals surface area contributed by atoms with E-state index in [9.17, 15) is 0 Å². The van der Waals surface area contributed by atoms with Crippen molar-refractivity contribution in [1.82, 2.24) is 5.32 Å². The van der Waals surface area contributed by atoms with E-state index in [0.717, 1.165) is 32.6 Å². The van der Waals surface area contributed by atoms with Crippen LogP contribution in [0.3, 0.4) is 0 Å². The Morgan fingerprint density at radius 1 is 1.73 bits per heavy atom. The molecule has 1 aliphatic rings. The zero-order valence-electron chi connectivity index (χ0n) is 7.23. The van der Waals surface area contributed by atoms with Gasteiger partial charge in [-0.3, -0.25) is 0 Å². The van der Waals surface area contributed by atoms with Crippen LogP contribution in [0.25, 0.3) is 0 Å². The summed E-state index contributed by atoms with van der Waals surface area (Å²) in [7, 11) is 0. The van der Waals surface area contributed by atoms with Crippen LogP contribution in [-0.4, -0.2) is 25.8 Å². The summed E-state index contributed by atoms with van der Waals surface area (Å²) in [6.45, 7) is 8.76. The molecule has 11 heavy (non-hydrogen) atoms. The van der Waals surface area contributed by atoms with Crippen molar-refractivity contribution in [2.75, 3.05) is 19.8 Å². The molecule has 0 radical (unpaired) electrons. The molecule has 1 unspecified atom stereocenters. The van der Waals surface area contributed by atoms with Crippen molar-refractivity contribution >= 4 is 0 Å². The maximum Gasteiger partial charge on any atom is 0.0620 e. The quantitative estimate of drug-likeness (QED) is 0.618. The highest BCUT2D eigenvalue weighted by molar-refractivity contribution is 4.88. The van der Waals surface area contributed by atoms with E-state index in [4.69, 9.17) is 4.74 Å². The third-order valence-electron chi connectivity index (χ3n) is 1.91. The molecule has 0 amide bonds. The topological polar surface area (TPSA) is 21.3 Å². The normalized spacial score (nSPS) is 23.9. The molecule has 0 spiro atoms. The van der Waals surface area contributed by atoms with Crippen LogP contribution in [0, 0.1) is 0 Å². The van der Waals surface area contributed by atoms with Gasteiger partial charge in [0, 0.05) is 12.6 Å². The second kappa shape index (κ2) is 4.52. The first-order valence-corrected chi connectivity index (χ1v) is 4.24. The highest BCUT2D eigenvalue weighted by Crippen LogP contribution is 2.03. The number of hydrogen-bond acceptors (Lipinski definition) is 2. The summed E-state index contributed by atoms with van der Waals surface area (Å²) in [5, 5.41) is 3.43. The first-order chi connectivity index (χ1) is 5.29. The van der Waals surface area contributed by atoms with Crippen LogP contribution in [0.1, 0.15) is 19.8 Å². The molecule has 1 atom stereocenters. The van der Waals surface area contributed by atoms with E-state index in [1.165, 1.54) is 5.57 Å². The lowest BCUT2D eigenvalue weighted by Crippen LogP contribution is -2.29. The summed E-state index contributed by atoms with van der Waals surface area (Å²) in [5.41, 5.74) is 1.25. The van der Waals surface area contributed by atoms with Gasteiger partial charge in [-0.15, -0.1) is 6.58 Å². The molecule has 2 heteroatoms. The zero-order chi connectivity index (χ0) is 8.10. The Balaban J connectivity index is 1.98. The number of rotatable bonds is 4. The van der Waals surface area contributed by atoms with Crippen molar-refractivity contribution in [3.05, 3.63) is 12.2 Å². The van der Waals surface area contributed by atoms with E-state index >= 15 is 0 Å². The van der Waals surface area contributed by atoms with Crippen LogP contribution in [0.15, 0.2) is 12.2 Å². The van der Waals surface area contributed by atoms with Gasteiger partial charge in [0.15, 0.2) is 0 Å². The van der Waals surface area contributed by atoms with Crippen LogP contribution < -0.4 is 5.32 Å². The molecule has 1 aliphatic heterocycles. The number of ether oxygens (including phenoxy) is 1. The fraction of sp³-hybridized carbons (Fsp3) is 0.778. The lowest BCUT2D eigenvalue weighted by molar-refractivity contribution is 0.190. The molecule has 1 saturated heterocycles. The van der Waals surface area contributed by atoms with Gasteiger partial charge in [-0.25, -0.2) is 0 Å². The molecule has 2 nitrogen and oxygen atoms in total. The molecule has 1 rings (SSSR count). The summed E-state index contributed by atoms with van der Waals surface area (Å²) >= 11 is 0. The van der Waals surface area contributed by atoms with Crippen LogP contribution >= 0.6 is 0 Å². The maximum atomic E-state index is 5.23.